The van der Waals surface area contributed by atoms with Gasteiger partial charge >= 0.3 is 0 Å². The van der Waals surface area contributed by atoms with Crippen molar-refractivity contribution in [2.45, 2.75) is 25.7 Å². The summed E-state index contributed by atoms with van der Waals surface area (Å²) in [5.74, 6) is 0.555. The van der Waals surface area contributed by atoms with Gasteiger partial charge in [0.1, 0.15) is 11.7 Å². The number of amides is 1. The molecule has 0 radical (unpaired) electrons. The van der Waals surface area contributed by atoms with Gasteiger partial charge in [0, 0.05) is 16.2 Å². The lowest BCUT2D eigenvalue weighted by Crippen LogP contribution is -2.22. The number of pyridine rings is 1. The van der Waals surface area contributed by atoms with E-state index in [0.29, 0.717) is 24.0 Å². The van der Waals surface area contributed by atoms with Gasteiger partial charge in [-0.2, -0.15) is 4.98 Å². The highest BCUT2D eigenvalue weighted by Crippen LogP contribution is 2.24. The van der Waals surface area contributed by atoms with E-state index in [2.05, 4.69) is 36.4 Å². The summed E-state index contributed by atoms with van der Waals surface area (Å²) >= 11 is 3.32. The summed E-state index contributed by atoms with van der Waals surface area (Å²) in [6.07, 6.45) is 3.05. The lowest BCUT2D eigenvalue weighted by atomic mass is 10.0. The molecule has 0 bridgehead atoms. The minimum Gasteiger partial charge on any atom is -0.338 e. The first-order valence-electron chi connectivity index (χ1n) is 7.99. The number of carbonyl (C=O) groups excluding carboxylic acids is 1. The van der Waals surface area contributed by atoms with Gasteiger partial charge in [0.15, 0.2) is 0 Å². The SMILES string of the molecule is CCCC(C(=O)Nc1ccc(Br)cn1)c1nc(-c2ccccc2)no1. The van der Waals surface area contributed by atoms with Gasteiger partial charge in [-0.3, -0.25) is 4.79 Å². The van der Waals surface area contributed by atoms with Crippen molar-refractivity contribution in [1.29, 1.82) is 0 Å². The Bertz CT molecular complexity index is 834. The summed E-state index contributed by atoms with van der Waals surface area (Å²) in [7, 11) is 0. The maximum absolute atomic E-state index is 12.6. The third kappa shape index (κ3) is 4.30. The van der Waals surface area contributed by atoms with Crippen LogP contribution in [-0.4, -0.2) is 21.0 Å². The molecule has 1 N–H and O–H groups in total. The topological polar surface area (TPSA) is 80.9 Å². The Kier molecular flexibility index (Phi) is 5.55. The molecular formula is C18H17BrN4O2. The van der Waals surface area contributed by atoms with E-state index < -0.39 is 5.92 Å². The molecule has 0 spiro atoms. The zero-order chi connectivity index (χ0) is 17.6. The molecule has 0 saturated carbocycles. The van der Waals surface area contributed by atoms with E-state index in [1.807, 2.05) is 43.3 Å². The quantitative estimate of drug-likeness (QED) is 0.662. The van der Waals surface area contributed by atoms with Crippen molar-refractivity contribution in [2.24, 2.45) is 0 Å². The maximum atomic E-state index is 12.6. The van der Waals surface area contributed by atoms with Gasteiger partial charge in [-0.25, -0.2) is 4.98 Å². The Hall–Kier alpha value is -2.54. The molecule has 6 nitrogen and oxygen atoms in total. The summed E-state index contributed by atoms with van der Waals surface area (Å²) in [5, 5.41) is 6.81. The number of nitrogens with zero attached hydrogens (tertiary/aromatic N) is 3. The number of rotatable bonds is 6. The van der Waals surface area contributed by atoms with Crippen LogP contribution in [0.25, 0.3) is 11.4 Å². The Labute approximate surface area is 153 Å². The van der Waals surface area contributed by atoms with Gasteiger partial charge in [0.05, 0.1) is 0 Å². The largest absolute Gasteiger partial charge is 0.338 e. The second-order valence-electron chi connectivity index (χ2n) is 5.51. The molecule has 0 aliphatic rings. The van der Waals surface area contributed by atoms with Crippen molar-refractivity contribution in [1.82, 2.24) is 15.1 Å². The van der Waals surface area contributed by atoms with Crippen LogP contribution in [0, 0.1) is 0 Å². The Morgan fingerprint density at radius 1 is 1.24 bits per heavy atom. The number of aromatic nitrogens is 3. The Balaban J connectivity index is 1.79. The third-order valence-corrected chi connectivity index (χ3v) is 4.11. The average molecular weight is 401 g/mol. The van der Waals surface area contributed by atoms with Gasteiger partial charge in [0.2, 0.25) is 17.6 Å². The summed E-state index contributed by atoms with van der Waals surface area (Å²) in [5.41, 5.74) is 0.850. The number of carbonyl (C=O) groups is 1. The molecule has 1 unspecified atom stereocenters. The van der Waals surface area contributed by atoms with Gasteiger partial charge in [0.25, 0.3) is 0 Å². The first-order chi connectivity index (χ1) is 12.2. The van der Waals surface area contributed by atoms with Crippen LogP contribution in [0.3, 0.4) is 0 Å². The molecule has 128 valence electrons. The van der Waals surface area contributed by atoms with Gasteiger partial charge < -0.3 is 9.84 Å². The van der Waals surface area contributed by atoms with E-state index in [-0.39, 0.29) is 5.91 Å². The standard InChI is InChI=1S/C18H17BrN4O2/c1-2-6-14(17(24)21-15-10-9-13(19)11-20-15)18-22-16(23-25-18)12-7-4-3-5-8-12/h3-5,7-11,14H,2,6H2,1H3,(H,20,21,24). The van der Waals surface area contributed by atoms with Crippen molar-refractivity contribution in [3.8, 4) is 11.4 Å². The monoisotopic (exact) mass is 400 g/mol. The van der Waals surface area contributed by atoms with E-state index in [1.165, 1.54) is 0 Å². The summed E-state index contributed by atoms with van der Waals surface area (Å²) in [4.78, 5) is 21.2. The van der Waals surface area contributed by atoms with Crippen molar-refractivity contribution in [2.75, 3.05) is 5.32 Å². The molecule has 3 aromatic rings. The highest BCUT2D eigenvalue weighted by Gasteiger charge is 2.26. The van der Waals surface area contributed by atoms with Crippen LogP contribution in [0.5, 0.6) is 0 Å². The van der Waals surface area contributed by atoms with Crippen molar-refractivity contribution in [3.05, 3.63) is 59.0 Å². The molecular weight excluding hydrogens is 384 g/mol. The maximum Gasteiger partial charge on any atom is 0.239 e. The summed E-state index contributed by atoms with van der Waals surface area (Å²) < 4.78 is 6.21. The highest BCUT2D eigenvalue weighted by molar-refractivity contribution is 9.10. The van der Waals surface area contributed by atoms with Gasteiger partial charge in [-0.05, 0) is 34.5 Å². The van der Waals surface area contributed by atoms with Crippen LogP contribution < -0.4 is 5.32 Å². The zero-order valence-corrected chi connectivity index (χ0v) is 15.2. The highest BCUT2D eigenvalue weighted by atomic mass is 79.9. The van der Waals surface area contributed by atoms with E-state index in [4.69, 9.17) is 4.52 Å². The number of hydrogen-bond acceptors (Lipinski definition) is 5. The lowest BCUT2D eigenvalue weighted by Gasteiger charge is -2.11. The fourth-order valence-corrected chi connectivity index (χ4v) is 2.63. The second-order valence-corrected chi connectivity index (χ2v) is 6.43. The van der Waals surface area contributed by atoms with Crippen molar-refractivity contribution >= 4 is 27.7 Å². The molecule has 7 heteroatoms. The molecule has 2 heterocycles. The van der Waals surface area contributed by atoms with Crippen LogP contribution in [-0.2, 0) is 4.79 Å². The van der Waals surface area contributed by atoms with Crippen LogP contribution in [0.2, 0.25) is 0 Å². The summed E-state index contributed by atoms with van der Waals surface area (Å²) in [6.45, 7) is 2.01. The molecule has 2 aromatic heterocycles. The van der Waals surface area contributed by atoms with E-state index in [1.54, 1.807) is 12.3 Å². The molecule has 0 aliphatic carbocycles. The van der Waals surface area contributed by atoms with Crippen LogP contribution in [0.15, 0.2) is 57.7 Å². The lowest BCUT2D eigenvalue weighted by molar-refractivity contribution is -0.118. The number of halogens is 1. The number of anilines is 1. The van der Waals surface area contributed by atoms with Crippen LogP contribution in [0.4, 0.5) is 5.82 Å². The van der Waals surface area contributed by atoms with Crippen molar-refractivity contribution < 1.29 is 9.32 Å². The number of hydrogen-bond donors (Lipinski definition) is 1. The van der Waals surface area contributed by atoms with Crippen LogP contribution >= 0.6 is 15.9 Å². The molecule has 3 rings (SSSR count). The van der Waals surface area contributed by atoms with Gasteiger partial charge in [-0.1, -0.05) is 48.8 Å². The smallest absolute Gasteiger partial charge is 0.239 e. The molecule has 1 amide bonds. The first-order valence-corrected chi connectivity index (χ1v) is 8.78. The summed E-state index contributed by atoms with van der Waals surface area (Å²) in [6, 6.07) is 13.1. The van der Waals surface area contributed by atoms with Crippen molar-refractivity contribution in [3.63, 3.8) is 0 Å². The number of nitrogens with one attached hydrogen (secondary N) is 1. The number of benzene rings is 1. The van der Waals surface area contributed by atoms with E-state index in [9.17, 15) is 4.79 Å². The molecule has 1 aromatic carbocycles. The first kappa shape index (κ1) is 17.3. The second kappa shape index (κ2) is 8.02. The van der Waals surface area contributed by atoms with Crippen LogP contribution in [0.1, 0.15) is 31.6 Å². The Morgan fingerprint density at radius 3 is 2.72 bits per heavy atom. The Morgan fingerprint density at radius 2 is 2.04 bits per heavy atom. The van der Waals surface area contributed by atoms with E-state index >= 15 is 0 Å². The predicted molar refractivity (Wildman–Crippen MR) is 97.9 cm³/mol. The fraction of sp³-hybridized carbons (Fsp3) is 0.222. The van der Waals surface area contributed by atoms with Gasteiger partial charge in [-0.15, -0.1) is 0 Å². The predicted octanol–water partition coefficient (Wildman–Crippen LogP) is 4.42. The molecule has 25 heavy (non-hydrogen) atoms. The normalized spacial score (nSPS) is 11.9. The molecule has 0 fully saturated rings. The molecule has 0 saturated heterocycles. The third-order valence-electron chi connectivity index (χ3n) is 3.64. The minimum absolute atomic E-state index is 0.208. The zero-order valence-electron chi connectivity index (χ0n) is 13.6. The molecule has 0 aliphatic heterocycles. The minimum atomic E-state index is -0.514. The molecule has 1 atom stereocenters. The average Bonchev–Trinajstić information content (AvgIpc) is 3.12. The van der Waals surface area contributed by atoms with E-state index in [0.717, 1.165) is 16.5 Å². The fourth-order valence-electron chi connectivity index (χ4n) is 2.40.